The van der Waals surface area contributed by atoms with Gasteiger partial charge in [-0.2, -0.15) is 0 Å². The van der Waals surface area contributed by atoms with E-state index in [9.17, 15) is 5.11 Å². The zero-order valence-electron chi connectivity index (χ0n) is 9.95. The summed E-state index contributed by atoms with van der Waals surface area (Å²) >= 11 is 3.14. The van der Waals surface area contributed by atoms with E-state index in [2.05, 4.69) is 4.98 Å². The van der Waals surface area contributed by atoms with E-state index in [-0.39, 0.29) is 0 Å². The molecular weight excluding hydrogens is 278 g/mol. The number of hydrogen-bond acceptors (Lipinski definition) is 5. The number of thioether (sulfide) groups is 1. The SMILES string of the molecule is Oc1ccccc1SCc1coc(-c2cccs2)n1. The number of para-hydroxylation sites is 1. The molecule has 1 N–H and O–H groups in total. The van der Waals surface area contributed by atoms with Crippen molar-refractivity contribution in [1.29, 1.82) is 0 Å². The lowest BCUT2D eigenvalue weighted by molar-refractivity contribution is 0.462. The predicted octanol–water partition coefficient (Wildman–Crippen LogP) is 4.40. The number of phenolic OH excluding ortho intramolecular Hbond substituents is 1. The third-order valence-corrected chi connectivity index (χ3v) is 4.48. The second-order valence-corrected chi connectivity index (χ2v) is 5.84. The van der Waals surface area contributed by atoms with Crippen molar-refractivity contribution in [1.82, 2.24) is 4.98 Å². The molecule has 0 saturated heterocycles. The maximum atomic E-state index is 9.68. The maximum absolute atomic E-state index is 9.68. The molecule has 2 heterocycles. The lowest BCUT2D eigenvalue weighted by atomic mass is 10.3. The number of oxazole rings is 1. The Balaban J connectivity index is 1.70. The average Bonchev–Trinajstić information content (AvgIpc) is 3.09. The highest BCUT2D eigenvalue weighted by Gasteiger charge is 2.08. The van der Waals surface area contributed by atoms with Gasteiger partial charge in [-0.05, 0) is 23.6 Å². The third kappa shape index (κ3) is 2.83. The van der Waals surface area contributed by atoms with E-state index < -0.39 is 0 Å². The van der Waals surface area contributed by atoms with Gasteiger partial charge in [0.05, 0.1) is 10.6 Å². The largest absolute Gasteiger partial charge is 0.507 e. The molecular formula is C14H11NO2S2. The second kappa shape index (κ2) is 5.50. The Morgan fingerprint density at radius 2 is 2.11 bits per heavy atom. The summed E-state index contributed by atoms with van der Waals surface area (Å²) in [5, 5.41) is 11.7. The van der Waals surface area contributed by atoms with E-state index in [1.807, 2.05) is 35.7 Å². The molecule has 1 aromatic carbocycles. The van der Waals surface area contributed by atoms with E-state index in [0.29, 0.717) is 17.4 Å². The normalized spacial score (nSPS) is 10.7. The first-order valence-corrected chi connectivity index (χ1v) is 7.58. The Labute approximate surface area is 118 Å². The van der Waals surface area contributed by atoms with Crippen molar-refractivity contribution in [2.75, 3.05) is 0 Å². The average molecular weight is 289 g/mol. The molecule has 0 spiro atoms. The van der Waals surface area contributed by atoms with Gasteiger partial charge in [0, 0.05) is 10.6 Å². The summed E-state index contributed by atoms with van der Waals surface area (Å²) in [6, 6.07) is 11.2. The summed E-state index contributed by atoms with van der Waals surface area (Å²) in [7, 11) is 0. The summed E-state index contributed by atoms with van der Waals surface area (Å²) in [4.78, 5) is 6.32. The highest BCUT2D eigenvalue weighted by molar-refractivity contribution is 7.98. The molecule has 0 aliphatic heterocycles. The van der Waals surface area contributed by atoms with Crippen LogP contribution in [0.3, 0.4) is 0 Å². The summed E-state index contributed by atoms with van der Waals surface area (Å²) in [5.41, 5.74) is 0.872. The highest BCUT2D eigenvalue weighted by Crippen LogP contribution is 2.31. The Morgan fingerprint density at radius 1 is 1.21 bits per heavy atom. The van der Waals surface area contributed by atoms with Crippen LogP contribution in [0.25, 0.3) is 10.8 Å². The fourth-order valence-electron chi connectivity index (χ4n) is 1.62. The number of aromatic hydroxyl groups is 1. The molecule has 0 unspecified atom stereocenters. The van der Waals surface area contributed by atoms with E-state index in [1.165, 1.54) is 0 Å². The number of nitrogens with zero attached hydrogens (tertiary/aromatic N) is 1. The van der Waals surface area contributed by atoms with Crippen molar-refractivity contribution in [2.45, 2.75) is 10.6 Å². The van der Waals surface area contributed by atoms with Gasteiger partial charge < -0.3 is 9.52 Å². The van der Waals surface area contributed by atoms with Gasteiger partial charge in [-0.25, -0.2) is 4.98 Å². The second-order valence-electron chi connectivity index (χ2n) is 3.88. The molecule has 0 atom stereocenters. The van der Waals surface area contributed by atoms with Crippen LogP contribution in [0.1, 0.15) is 5.69 Å². The van der Waals surface area contributed by atoms with Gasteiger partial charge in [0.1, 0.15) is 12.0 Å². The molecule has 0 saturated carbocycles. The van der Waals surface area contributed by atoms with E-state index >= 15 is 0 Å². The summed E-state index contributed by atoms with van der Waals surface area (Å²) in [6.45, 7) is 0. The zero-order valence-corrected chi connectivity index (χ0v) is 11.6. The minimum absolute atomic E-state index is 0.300. The Hall–Kier alpha value is -1.72. The van der Waals surface area contributed by atoms with Gasteiger partial charge in [-0.1, -0.05) is 18.2 Å². The predicted molar refractivity (Wildman–Crippen MR) is 77.5 cm³/mol. The summed E-state index contributed by atoms with van der Waals surface area (Å²) in [5.74, 6) is 1.63. The lowest BCUT2D eigenvalue weighted by Crippen LogP contribution is -1.81. The standard InChI is InChI=1S/C14H11NO2S2/c16-11-4-1-2-5-12(11)19-9-10-8-17-14(15-10)13-6-3-7-18-13/h1-8,16H,9H2. The van der Waals surface area contributed by atoms with Crippen molar-refractivity contribution in [3.8, 4) is 16.5 Å². The molecule has 5 heteroatoms. The van der Waals surface area contributed by atoms with E-state index in [4.69, 9.17) is 4.42 Å². The van der Waals surface area contributed by atoms with Crippen LogP contribution in [0.4, 0.5) is 0 Å². The third-order valence-electron chi connectivity index (χ3n) is 2.52. The van der Waals surface area contributed by atoms with Gasteiger partial charge in [-0.3, -0.25) is 0 Å². The van der Waals surface area contributed by atoms with Gasteiger partial charge in [0.15, 0.2) is 0 Å². The first-order chi connectivity index (χ1) is 9.33. The van der Waals surface area contributed by atoms with Crippen LogP contribution >= 0.6 is 23.1 Å². The quantitative estimate of drug-likeness (QED) is 0.723. The van der Waals surface area contributed by atoms with Crippen LogP contribution in [0.15, 0.2) is 57.4 Å². The minimum atomic E-state index is 0.300. The van der Waals surface area contributed by atoms with Gasteiger partial charge in [-0.15, -0.1) is 23.1 Å². The molecule has 0 fully saturated rings. The molecule has 0 amide bonds. The van der Waals surface area contributed by atoms with Crippen LogP contribution in [-0.4, -0.2) is 10.1 Å². The highest BCUT2D eigenvalue weighted by atomic mass is 32.2. The number of benzene rings is 1. The maximum Gasteiger partial charge on any atom is 0.236 e. The number of rotatable bonds is 4. The molecule has 0 radical (unpaired) electrons. The van der Waals surface area contributed by atoms with Crippen molar-refractivity contribution in [2.24, 2.45) is 0 Å². The summed E-state index contributed by atoms with van der Waals surface area (Å²) < 4.78 is 5.45. The topological polar surface area (TPSA) is 46.3 Å². The fraction of sp³-hybridized carbons (Fsp3) is 0.0714. The van der Waals surface area contributed by atoms with Gasteiger partial charge >= 0.3 is 0 Å². The van der Waals surface area contributed by atoms with E-state index in [0.717, 1.165) is 15.5 Å². The molecule has 3 nitrogen and oxygen atoms in total. The molecule has 19 heavy (non-hydrogen) atoms. The number of hydrogen-bond donors (Lipinski definition) is 1. The van der Waals surface area contributed by atoms with Crippen LogP contribution < -0.4 is 0 Å². The van der Waals surface area contributed by atoms with Crippen molar-refractivity contribution in [3.63, 3.8) is 0 Å². The fourth-order valence-corrected chi connectivity index (χ4v) is 3.10. The zero-order chi connectivity index (χ0) is 13.1. The summed E-state index contributed by atoms with van der Waals surface area (Å²) in [6.07, 6.45) is 1.67. The van der Waals surface area contributed by atoms with E-state index in [1.54, 1.807) is 35.4 Å². The van der Waals surface area contributed by atoms with Crippen molar-refractivity contribution < 1.29 is 9.52 Å². The Kier molecular flexibility index (Phi) is 3.57. The lowest BCUT2D eigenvalue weighted by Gasteiger charge is -2.01. The van der Waals surface area contributed by atoms with Crippen LogP contribution in [0.5, 0.6) is 5.75 Å². The van der Waals surface area contributed by atoms with Crippen molar-refractivity contribution in [3.05, 3.63) is 53.7 Å². The molecule has 2 aromatic heterocycles. The molecule has 96 valence electrons. The smallest absolute Gasteiger partial charge is 0.236 e. The van der Waals surface area contributed by atoms with Crippen LogP contribution in [0.2, 0.25) is 0 Å². The Morgan fingerprint density at radius 3 is 2.89 bits per heavy atom. The molecule has 3 rings (SSSR count). The number of aromatic nitrogens is 1. The number of phenols is 1. The van der Waals surface area contributed by atoms with Gasteiger partial charge in [0.2, 0.25) is 5.89 Å². The molecule has 3 aromatic rings. The Bertz CT molecular complexity index is 662. The van der Waals surface area contributed by atoms with Crippen LogP contribution in [-0.2, 0) is 5.75 Å². The first kappa shape index (κ1) is 12.3. The molecule has 0 aliphatic rings. The minimum Gasteiger partial charge on any atom is -0.507 e. The van der Waals surface area contributed by atoms with Gasteiger partial charge in [0.25, 0.3) is 0 Å². The molecule has 0 bridgehead atoms. The number of thiophene rings is 1. The van der Waals surface area contributed by atoms with Crippen LogP contribution in [0, 0.1) is 0 Å². The first-order valence-electron chi connectivity index (χ1n) is 5.72. The molecule has 0 aliphatic carbocycles. The van der Waals surface area contributed by atoms with Crippen molar-refractivity contribution >= 4 is 23.1 Å². The monoisotopic (exact) mass is 289 g/mol.